The molecule has 0 aliphatic heterocycles. The quantitative estimate of drug-likeness (QED) is 0.799. The van der Waals surface area contributed by atoms with Crippen molar-refractivity contribution in [1.82, 2.24) is 0 Å². The van der Waals surface area contributed by atoms with Gasteiger partial charge in [-0.05, 0) is 22.0 Å². The molecule has 1 aromatic rings. The van der Waals surface area contributed by atoms with Crippen molar-refractivity contribution in [2.45, 2.75) is 0 Å². The van der Waals surface area contributed by atoms with E-state index < -0.39 is 5.97 Å². The van der Waals surface area contributed by atoms with E-state index in [-0.39, 0.29) is 5.56 Å². The van der Waals surface area contributed by atoms with Crippen LogP contribution in [-0.2, 0) is 4.74 Å². The Labute approximate surface area is 108 Å². The van der Waals surface area contributed by atoms with Gasteiger partial charge in [0.1, 0.15) is 15.8 Å². The molecule has 0 spiro atoms. The first-order chi connectivity index (χ1) is 8.10. The van der Waals surface area contributed by atoms with E-state index in [1.54, 1.807) is 0 Å². The van der Waals surface area contributed by atoms with E-state index >= 15 is 0 Å². The fourth-order valence-corrected chi connectivity index (χ4v) is 2.01. The summed E-state index contributed by atoms with van der Waals surface area (Å²) in [5.41, 5.74) is 0.243. The van der Waals surface area contributed by atoms with Crippen LogP contribution in [0.25, 0.3) is 0 Å². The maximum absolute atomic E-state index is 11.6. The molecule has 0 saturated carbocycles. The molecule has 0 heterocycles. The van der Waals surface area contributed by atoms with Crippen molar-refractivity contribution in [1.29, 1.82) is 0 Å². The lowest BCUT2D eigenvalue weighted by Gasteiger charge is -2.15. The molecule has 17 heavy (non-hydrogen) atoms. The summed E-state index contributed by atoms with van der Waals surface area (Å²) in [6.07, 6.45) is 0. The molecule has 0 unspecified atom stereocenters. The molecule has 0 atom stereocenters. The number of methoxy groups -OCH3 is 4. The van der Waals surface area contributed by atoms with Gasteiger partial charge < -0.3 is 18.9 Å². The molecule has 5 nitrogen and oxygen atoms in total. The highest BCUT2D eigenvalue weighted by Crippen LogP contribution is 2.44. The van der Waals surface area contributed by atoms with E-state index in [2.05, 4.69) is 20.7 Å². The minimum Gasteiger partial charge on any atom is -0.495 e. The molecule has 0 saturated heterocycles. The lowest BCUT2D eigenvalue weighted by Crippen LogP contribution is -2.06. The molecule has 1 rings (SSSR count). The van der Waals surface area contributed by atoms with Crippen molar-refractivity contribution in [3.8, 4) is 17.2 Å². The van der Waals surface area contributed by atoms with Gasteiger partial charge in [-0.1, -0.05) is 0 Å². The predicted octanol–water partition coefficient (Wildman–Crippen LogP) is 2.26. The molecule has 1 aromatic carbocycles. The molecule has 0 aliphatic carbocycles. The van der Waals surface area contributed by atoms with Crippen molar-refractivity contribution < 1.29 is 23.7 Å². The number of ether oxygens (including phenoxy) is 4. The van der Waals surface area contributed by atoms with Crippen molar-refractivity contribution in [3.05, 3.63) is 16.1 Å². The van der Waals surface area contributed by atoms with Crippen molar-refractivity contribution >= 4 is 21.9 Å². The molecule has 0 amide bonds. The summed E-state index contributed by atoms with van der Waals surface area (Å²) in [7, 11) is 5.71. The van der Waals surface area contributed by atoms with Gasteiger partial charge in [0.15, 0.2) is 11.5 Å². The van der Waals surface area contributed by atoms with Crippen LogP contribution >= 0.6 is 15.9 Å². The van der Waals surface area contributed by atoms with Crippen LogP contribution in [0.1, 0.15) is 10.4 Å². The van der Waals surface area contributed by atoms with Crippen LogP contribution in [0.3, 0.4) is 0 Å². The summed E-state index contributed by atoms with van der Waals surface area (Å²) in [6, 6.07) is 1.53. The van der Waals surface area contributed by atoms with Gasteiger partial charge >= 0.3 is 5.97 Å². The van der Waals surface area contributed by atoms with Gasteiger partial charge in [0, 0.05) is 0 Å². The summed E-state index contributed by atoms with van der Waals surface area (Å²) in [6.45, 7) is 0. The first-order valence-electron chi connectivity index (χ1n) is 4.67. The van der Waals surface area contributed by atoms with E-state index in [1.807, 2.05) is 0 Å². The number of halogens is 1. The van der Waals surface area contributed by atoms with Gasteiger partial charge in [-0.25, -0.2) is 4.79 Å². The van der Waals surface area contributed by atoms with Gasteiger partial charge in [0.05, 0.1) is 28.4 Å². The van der Waals surface area contributed by atoms with E-state index in [0.29, 0.717) is 21.7 Å². The second-order valence-corrected chi connectivity index (χ2v) is 3.79. The Morgan fingerprint density at radius 2 is 1.65 bits per heavy atom. The molecule has 0 radical (unpaired) electrons. The highest BCUT2D eigenvalue weighted by atomic mass is 79.9. The predicted molar refractivity (Wildman–Crippen MR) is 65.1 cm³/mol. The molecule has 0 fully saturated rings. The number of esters is 1. The number of carbonyl (C=O) groups excluding carboxylic acids is 1. The second-order valence-electron chi connectivity index (χ2n) is 3.00. The van der Waals surface area contributed by atoms with Crippen molar-refractivity contribution in [2.75, 3.05) is 28.4 Å². The monoisotopic (exact) mass is 304 g/mol. The minimum atomic E-state index is -0.522. The summed E-state index contributed by atoms with van der Waals surface area (Å²) in [4.78, 5) is 11.6. The highest BCUT2D eigenvalue weighted by Gasteiger charge is 2.23. The third-order valence-electron chi connectivity index (χ3n) is 2.18. The van der Waals surface area contributed by atoms with Crippen molar-refractivity contribution in [3.63, 3.8) is 0 Å². The molecule has 94 valence electrons. The molecule has 0 aromatic heterocycles. The number of hydrogen-bond donors (Lipinski definition) is 0. The topological polar surface area (TPSA) is 54.0 Å². The van der Waals surface area contributed by atoms with E-state index in [0.717, 1.165) is 0 Å². The zero-order chi connectivity index (χ0) is 13.0. The lowest BCUT2D eigenvalue weighted by molar-refractivity contribution is 0.0596. The van der Waals surface area contributed by atoms with Gasteiger partial charge in [0.2, 0.25) is 0 Å². The molecule has 0 bridgehead atoms. The average Bonchev–Trinajstić information content (AvgIpc) is 2.36. The number of benzene rings is 1. The van der Waals surface area contributed by atoms with Gasteiger partial charge in [-0.2, -0.15) is 0 Å². The highest BCUT2D eigenvalue weighted by molar-refractivity contribution is 9.10. The van der Waals surface area contributed by atoms with E-state index in [1.165, 1.54) is 34.5 Å². The molecule has 6 heteroatoms. The van der Waals surface area contributed by atoms with E-state index in [9.17, 15) is 4.79 Å². The van der Waals surface area contributed by atoms with Crippen LogP contribution in [0.5, 0.6) is 17.2 Å². The van der Waals surface area contributed by atoms with Crippen LogP contribution < -0.4 is 14.2 Å². The lowest BCUT2D eigenvalue weighted by atomic mass is 10.1. The average molecular weight is 305 g/mol. The maximum atomic E-state index is 11.6. The third-order valence-corrected chi connectivity index (χ3v) is 2.93. The summed E-state index contributed by atoms with van der Waals surface area (Å²) < 4.78 is 20.7. The SMILES string of the molecule is COC(=O)c1cc(OC)c(Br)c(OC)c1OC. The molecule has 0 aliphatic rings. The standard InChI is InChI=1S/C11H13BrO5/c1-14-7-5-6(11(13)17-4)9(15-2)10(16-3)8(7)12/h5H,1-4H3. The van der Waals surface area contributed by atoms with Crippen LogP contribution in [-0.4, -0.2) is 34.4 Å². The maximum Gasteiger partial charge on any atom is 0.341 e. The van der Waals surface area contributed by atoms with Gasteiger partial charge in [-0.3, -0.25) is 0 Å². The smallest absolute Gasteiger partial charge is 0.341 e. The Balaban J connectivity index is 3.53. The molecule has 0 N–H and O–H groups in total. The normalized spacial score (nSPS) is 9.71. The summed E-state index contributed by atoms with van der Waals surface area (Å²) >= 11 is 3.32. The van der Waals surface area contributed by atoms with Gasteiger partial charge in [-0.15, -0.1) is 0 Å². The van der Waals surface area contributed by atoms with Crippen LogP contribution in [0, 0.1) is 0 Å². The zero-order valence-electron chi connectivity index (χ0n) is 10.00. The fraction of sp³-hybridized carbons (Fsp3) is 0.364. The van der Waals surface area contributed by atoms with Crippen LogP contribution in [0.15, 0.2) is 10.5 Å². The summed E-state index contributed by atoms with van der Waals surface area (Å²) in [5.74, 6) is 0.619. The summed E-state index contributed by atoms with van der Waals surface area (Å²) in [5, 5.41) is 0. The largest absolute Gasteiger partial charge is 0.495 e. The Bertz CT molecular complexity index is 430. The van der Waals surface area contributed by atoms with Gasteiger partial charge in [0.25, 0.3) is 0 Å². The molecular weight excluding hydrogens is 292 g/mol. The van der Waals surface area contributed by atoms with Crippen LogP contribution in [0.4, 0.5) is 0 Å². The third kappa shape index (κ3) is 2.46. The zero-order valence-corrected chi connectivity index (χ0v) is 11.6. The second kappa shape index (κ2) is 5.77. The Morgan fingerprint density at radius 1 is 1.06 bits per heavy atom. The Hall–Kier alpha value is -1.43. The number of hydrogen-bond acceptors (Lipinski definition) is 5. The first-order valence-corrected chi connectivity index (χ1v) is 5.46. The number of carbonyl (C=O) groups is 1. The molecular formula is C11H13BrO5. The number of rotatable bonds is 4. The minimum absolute atomic E-state index is 0.243. The van der Waals surface area contributed by atoms with E-state index in [4.69, 9.17) is 14.2 Å². The fourth-order valence-electron chi connectivity index (χ4n) is 1.39. The Kier molecular flexibility index (Phi) is 4.62. The first kappa shape index (κ1) is 13.6. The van der Waals surface area contributed by atoms with Crippen LogP contribution in [0.2, 0.25) is 0 Å². The Morgan fingerprint density at radius 3 is 2.06 bits per heavy atom. The van der Waals surface area contributed by atoms with Crippen molar-refractivity contribution in [2.24, 2.45) is 0 Å².